The topological polar surface area (TPSA) is 46.3 Å². The molecule has 4 heteroatoms. The van der Waals surface area contributed by atoms with E-state index in [-0.39, 0.29) is 18.3 Å². The van der Waals surface area contributed by atoms with Gasteiger partial charge in [-0.05, 0) is 37.2 Å². The lowest BCUT2D eigenvalue weighted by atomic mass is 9.88. The minimum Gasteiger partial charge on any atom is -0.341 e. The molecule has 116 valence electrons. The first-order valence-electron chi connectivity index (χ1n) is 7.82. The average Bonchev–Trinajstić information content (AvgIpc) is 2.96. The Kier molecular flexibility index (Phi) is 5.28. The van der Waals surface area contributed by atoms with Crippen LogP contribution in [0.5, 0.6) is 0 Å². The quantitative estimate of drug-likeness (QED) is 0.912. The highest BCUT2D eigenvalue weighted by atomic mass is 35.5. The van der Waals surface area contributed by atoms with Crippen LogP contribution in [-0.4, -0.2) is 29.4 Å². The van der Waals surface area contributed by atoms with E-state index in [9.17, 15) is 4.79 Å². The molecule has 0 aromatic heterocycles. The largest absolute Gasteiger partial charge is 0.341 e. The van der Waals surface area contributed by atoms with Crippen molar-refractivity contribution in [1.82, 2.24) is 4.90 Å². The summed E-state index contributed by atoms with van der Waals surface area (Å²) in [6.07, 6.45) is 6.05. The summed E-state index contributed by atoms with van der Waals surface area (Å²) in [6, 6.07) is 10.6. The molecule has 3 rings (SSSR count). The molecule has 3 nitrogen and oxygen atoms in total. The molecule has 0 atom stereocenters. The Balaban J connectivity index is 0.00000161. The Morgan fingerprint density at radius 1 is 1.10 bits per heavy atom. The number of nitrogens with two attached hydrogens (primary N) is 1. The van der Waals surface area contributed by atoms with Gasteiger partial charge in [0.15, 0.2) is 0 Å². The predicted octanol–water partition coefficient (Wildman–Crippen LogP) is 3.09. The van der Waals surface area contributed by atoms with Crippen LogP contribution in [0.4, 0.5) is 0 Å². The van der Waals surface area contributed by atoms with Gasteiger partial charge in [-0.25, -0.2) is 0 Å². The molecule has 0 unspecified atom stereocenters. The summed E-state index contributed by atoms with van der Waals surface area (Å²) in [5, 5.41) is 0. The zero-order valence-corrected chi connectivity index (χ0v) is 13.3. The Morgan fingerprint density at radius 3 is 2.24 bits per heavy atom. The van der Waals surface area contributed by atoms with Crippen molar-refractivity contribution in [3.8, 4) is 0 Å². The Hall–Kier alpha value is -1.06. The molecule has 0 spiro atoms. The van der Waals surface area contributed by atoms with Gasteiger partial charge in [0.2, 0.25) is 5.91 Å². The predicted molar refractivity (Wildman–Crippen MR) is 87.6 cm³/mol. The fourth-order valence-electron chi connectivity index (χ4n) is 3.68. The number of likely N-dealkylation sites (tertiary alicyclic amines) is 1. The normalized spacial score (nSPS) is 21.9. The molecular formula is C17H25ClN2O. The van der Waals surface area contributed by atoms with Crippen molar-refractivity contribution in [1.29, 1.82) is 0 Å². The Labute approximate surface area is 133 Å². The molecule has 1 amide bonds. The van der Waals surface area contributed by atoms with E-state index in [1.165, 1.54) is 5.56 Å². The van der Waals surface area contributed by atoms with Crippen molar-refractivity contribution in [2.75, 3.05) is 13.1 Å². The lowest BCUT2D eigenvalue weighted by Crippen LogP contribution is -2.55. The van der Waals surface area contributed by atoms with Gasteiger partial charge in [-0.1, -0.05) is 43.2 Å². The van der Waals surface area contributed by atoms with Crippen molar-refractivity contribution < 1.29 is 4.79 Å². The number of hydrogen-bond donors (Lipinski definition) is 1. The van der Waals surface area contributed by atoms with Crippen molar-refractivity contribution >= 4 is 18.3 Å². The fraction of sp³-hybridized carbons (Fsp3) is 0.588. The zero-order valence-electron chi connectivity index (χ0n) is 12.5. The summed E-state index contributed by atoms with van der Waals surface area (Å²) in [5.74, 6) is 0.791. The summed E-state index contributed by atoms with van der Waals surface area (Å²) in [4.78, 5) is 14.6. The molecule has 1 aromatic rings. The van der Waals surface area contributed by atoms with Crippen LogP contribution in [0, 0.1) is 0 Å². The highest BCUT2D eigenvalue weighted by molar-refractivity contribution is 5.86. The van der Waals surface area contributed by atoms with Gasteiger partial charge in [-0.3, -0.25) is 4.79 Å². The Bertz CT molecular complexity index is 463. The van der Waals surface area contributed by atoms with Crippen LogP contribution >= 0.6 is 12.4 Å². The van der Waals surface area contributed by atoms with Gasteiger partial charge < -0.3 is 10.6 Å². The summed E-state index contributed by atoms with van der Waals surface area (Å²) < 4.78 is 0. The van der Waals surface area contributed by atoms with Crippen LogP contribution in [0.1, 0.15) is 50.0 Å². The van der Waals surface area contributed by atoms with Gasteiger partial charge >= 0.3 is 0 Å². The summed E-state index contributed by atoms with van der Waals surface area (Å²) >= 11 is 0. The van der Waals surface area contributed by atoms with E-state index in [1.54, 1.807) is 0 Å². The minimum atomic E-state index is -0.556. The van der Waals surface area contributed by atoms with E-state index < -0.39 is 5.54 Å². The number of benzene rings is 1. The number of amides is 1. The summed E-state index contributed by atoms with van der Waals surface area (Å²) in [5.41, 5.74) is 7.14. The molecule has 21 heavy (non-hydrogen) atoms. The van der Waals surface area contributed by atoms with E-state index in [2.05, 4.69) is 30.3 Å². The van der Waals surface area contributed by atoms with Gasteiger partial charge in [-0.15, -0.1) is 12.4 Å². The molecule has 1 aliphatic heterocycles. The van der Waals surface area contributed by atoms with Crippen molar-refractivity contribution in [3.05, 3.63) is 35.9 Å². The molecule has 1 aromatic carbocycles. The first kappa shape index (κ1) is 16.3. The van der Waals surface area contributed by atoms with Gasteiger partial charge in [0.1, 0.15) is 0 Å². The lowest BCUT2D eigenvalue weighted by Gasteiger charge is -2.37. The summed E-state index contributed by atoms with van der Waals surface area (Å²) in [6.45, 7) is 1.72. The van der Waals surface area contributed by atoms with Crippen LogP contribution in [-0.2, 0) is 4.79 Å². The number of hydrogen-bond acceptors (Lipinski definition) is 2. The zero-order chi connectivity index (χ0) is 14.0. The van der Waals surface area contributed by atoms with E-state index >= 15 is 0 Å². The van der Waals surface area contributed by atoms with Gasteiger partial charge in [-0.2, -0.15) is 0 Å². The number of carbonyl (C=O) groups excluding carboxylic acids is 1. The second kappa shape index (κ2) is 6.80. The molecule has 1 heterocycles. The molecule has 1 aliphatic carbocycles. The highest BCUT2D eigenvalue weighted by Crippen LogP contribution is 2.32. The molecular weight excluding hydrogens is 284 g/mol. The smallest absolute Gasteiger partial charge is 0.242 e. The van der Waals surface area contributed by atoms with Gasteiger partial charge in [0, 0.05) is 13.1 Å². The first-order chi connectivity index (χ1) is 9.69. The van der Waals surface area contributed by atoms with Crippen LogP contribution in [0.2, 0.25) is 0 Å². The molecule has 2 fully saturated rings. The molecule has 2 N–H and O–H groups in total. The van der Waals surface area contributed by atoms with Crippen LogP contribution in [0.15, 0.2) is 30.3 Å². The average molecular weight is 309 g/mol. The summed E-state index contributed by atoms with van der Waals surface area (Å²) in [7, 11) is 0. The number of nitrogens with zero attached hydrogens (tertiary/aromatic N) is 1. The van der Waals surface area contributed by atoms with E-state index in [0.717, 1.165) is 51.6 Å². The standard InChI is InChI=1S/C17H24N2O.ClH/c18-17(10-4-5-11-17)16(20)19-12-8-15(9-13-19)14-6-2-1-3-7-14;/h1-3,6-7,15H,4-5,8-13,18H2;1H. The minimum absolute atomic E-state index is 0. The van der Waals surface area contributed by atoms with E-state index in [0.29, 0.717) is 5.92 Å². The number of halogens is 1. The third-order valence-corrected chi connectivity index (χ3v) is 4.97. The lowest BCUT2D eigenvalue weighted by molar-refractivity contribution is -0.137. The van der Waals surface area contributed by atoms with E-state index in [1.807, 2.05) is 4.90 Å². The molecule has 0 radical (unpaired) electrons. The first-order valence-corrected chi connectivity index (χ1v) is 7.82. The van der Waals surface area contributed by atoms with E-state index in [4.69, 9.17) is 5.73 Å². The molecule has 2 aliphatic rings. The molecule has 0 bridgehead atoms. The third kappa shape index (κ3) is 3.41. The monoisotopic (exact) mass is 308 g/mol. The third-order valence-electron chi connectivity index (χ3n) is 4.97. The highest BCUT2D eigenvalue weighted by Gasteiger charge is 2.40. The SMILES string of the molecule is Cl.NC1(C(=O)N2CCC(c3ccccc3)CC2)CCCC1. The maximum Gasteiger partial charge on any atom is 0.242 e. The van der Waals surface area contributed by atoms with Crippen molar-refractivity contribution in [2.45, 2.75) is 50.0 Å². The molecule has 1 saturated carbocycles. The number of piperidine rings is 1. The maximum absolute atomic E-state index is 12.6. The van der Waals surface area contributed by atoms with Gasteiger partial charge in [0.05, 0.1) is 5.54 Å². The molecule has 1 saturated heterocycles. The van der Waals surface area contributed by atoms with Crippen molar-refractivity contribution in [3.63, 3.8) is 0 Å². The Morgan fingerprint density at radius 2 is 1.67 bits per heavy atom. The fourth-order valence-corrected chi connectivity index (χ4v) is 3.68. The van der Waals surface area contributed by atoms with Gasteiger partial charge in [0.25, 0.3) is 0 Å². The van der Waals surface area contributed by atoms with Crippen LogP contribution in [0.25, 0.3) is 0 Å². The number of rotatable bonds is 2. The maximum atomic E-state index is 12.6. The van der Waals surface area contributed by atoms with Crippen LogP contribution in [0.3, 0.4) is 0 Å². The second-order valence-electron chi connectivity index (χ2n) is 6.34. The van der Waals surface area contributed by atoms with Crippen molar-refractivity contribution in [2.24, 2.45) is 5.73 Å². The second-order valence-corrected chi connectivity index (χ2v) is 6.34. The number of carbonyl (C=O) groups is 1. The van der Waals surface area contributed by atoms with Crippen LogP contribution < -0.4 is 5.73 Å².